The second kappa shape index (κ2) is 7.35. The number of rotatable bonds is 8. The van der Waals surface area contributed by atoms with E-state index in [9.17, 15) is 19.7 Å². The molecule has 0 aliphatic heterocycles. The van der Waals surface area contributed by atoms with E-state index in [2.05, 4.69) is 15.5 Å². The lowest BCUT2D eigenvalue weighted by molar-refractivity contribution is -0.385. The highest BCUT2D eigenvalue weighted by Gasteiger charge is 2.19. The smallest absolute Gasteiger partial charge is 0.307 e. The van der Waals surface area contributed by atoms with Crippen LogP contribution in [0.2, 0.25) is 0 Å². The number of aromatic nitrogens is 4. The lowest BCUT2D eigenvalue weighted by Crippen LogP contribution is -2.23. The normalized spacial score (nSPS) is 11.9. The number of carboxylic acids is 1. The van der Waals surface area contributed by atoms with Gasteiger partial charge in [0.05, 0.1) is 16.8 Å². The van der Waals surface area contributed by atoms with Gasteiger partial charge in [0.1, 0.15) is 18.4 Å². The number of hydrogen-bond acceptors (Lipinski definition) is 6. The molecular formula is C13H16N6O5. The lowest BCUT2D eigenvalue weighted by atomic mass is 10.3. The third-order valence-corrected chi connectivity index (χ3v) is 3.25. The van der Waals surface area contributed by atoms with E-state index in [4.69, 9.17) is 5.11 Å². The van der Waals surface area contributed by atoms with Crippen LogP contribution >= 0.6 is 0 Å². The second-order valence-electron chi connectivity index (χ2n) is 5.09. The van der Waals surface area contributed by atoms with Crippen molar-refractivity contribution in [2.24, 2.45) is 0 Å². The summed E-state index contributed by atoms with van der Waals surface area (Å²) in [6, 6.07) is -0.742. The molecule has 0 aliphatic rings. The predicted molar refractivity (Wildman–Crippen MR) is 81.3 cm³/mol. The van der Waals surface area contributed by atoms with Gasteiger partial charge < -0.3 is 10.4 Å². The van der Waals surface area contributed by atoms with E-state index in [0.717, 1.165) is 6.20 Å². The Hall–Kier alpha value is -3.24. The highest BCUT2D eigenvalue weighted by atomic mass is 16.6. The molecule has 2 rings (SSSR count). The molecule has 0 unspecified atom stereocenters. The Bertz CT molecular complexity index is 752. The molecule has 11 nitrogen and oxygen atoms in total. The summed E-state index contributed by atoms with van der Waals surface area (Å²) < 4.78 is 2.73. The fraction of sp³-hybridized carbons (Fsp3) is 0.385. The van der Waals surface area contributed by atoms with Crippen LogP contribution < -0.4 is 5.32 Å². The van der Waals surface area contributed by atoms with Crippen molar-refractivity contribution in [2.45, 2.75) is 32.4 Å². The average Bonchev–Trinajstić information content (AvgIpc) is 3.15. The van der Waals surface area contributed by atoms with E-state index < -0.39 is 22.8 Å². The Morgan fingerprint density at radius 1 is 1.38 bits per heavy atom. The Morgan fingerprint density at radius 2 is 2.12 bits per heavy atom. The van der Waals surface area contributed by atoms with Gasteiger partial charge in [-0.1, -0.05) is 0 Å². The lowest BCUT2D eigenvalue weighted by Gasteiger charge is -2.10. The summed E-state index contributed by atoms with van der Waals surface area (Å²) in [4.78, 5) is 32.6. The molecule has 0 saturated heterocycles. The maximum Gasteiger partial charge on any atom is 0.307 e. The molecule has 0 aromatic carbocycles. The first kappa shape index (κ1) is 17.1. The van der Waals surface area contributed by atoms with Crippen LogP contribution in [0.3, 0.4) is 0 Å². The molecule has 2 N–H and O–H groups in total. The largest absolute Gasteiger partial charge is 0.481 e. The zero-order valence-corrected chi connectivity index (χ0v) is 12.8. The molecule has 0 radical (unpaired) electrons. The summed E-state index contributed by atoms with van der Waals surface area (Å²) in [6.45, 7) is 1.98. The van der Waals surface area contributed by atoms with E-state index >= 15 is 0 Å². The number of hydrogen-bond donors (Lipinski definition) is 2. The van der Waals surface area contributed by atoms with Gasteiger partial charge in [0, 0.05) is 19.2 Å². The maximum absolute atomic E-state index is 12.1. The number of carbonyl (C=O) groups excluding carboxylic acids is 1. The number of carboxylic acid groups (broad SMARTS) is 1. The van der Waals surface area contributed by atoms with Crippen molar-refractivity contribution in [3.8, 4) is 0 Å². The van der Waals surface area contributed by atoms with Crippen molar-refractivity contribution in [3.05, 3.63) is 34.9 Å². The SMILES string of the molecule is C[C@@H](C(=O)Nc1cnn(CCCC(=O)O)c1)n1cc([N+](=O)[O-])cn1. The fourth-order valence-electron chi connectivity index (χ4n) is 1.94. The average molecular weight is 336 g/mol. The van der Waals surface area contributed by atoms with Crippen LogP contribution in [0.4, 0.5) is 11.4 Å². The number of nitrogens with zero attached hydrogens (tertiary/aromatic N) is 5. The molecule has 0 bridgehead atoms. The van der Waals surface area contributed by atoms with Crippen LogP contribution in [0, 0.1) is 10.1 Å². The summed E-state index contributed by atoms with van der Waals surface area (Å²) in [7, 11) is 0. The molecule has 0 fully saturated rings. The van der Waals surface area contributed by atoms with Crippen molar-refractivity contribution in [1.82, 2.24) is 19.6 Å². The minimum atomic E-state index is -0.877. The molecule has 1 amide bonds. The molecular weight excluding hydrogens is 320 g/mol. The molecule has 1 atom stereocenters. The predicted octanol–water partition coefficient (Wildman–Crippen LogP) is 1.05. The molecule has 2 heterocycles. The van der Waals surface area contributed by atoms with E-state index in [1.807, 2.05) is 0 Å². The van der Waals surface area contributed by atoms with E-state index in [1.165, 1.54) is 21.8 Å². The highest BCUT2D eigenvalue weighted by molar-refractivity contribution is 5.93. The highest BCUT2D eigenvalue weighted by Crippen LogP contribution is 2.15. The summed E-state index contributed by atoms with van der Waals surface area (Å²) in [5.74, 6) is -1.28. The standard InChI is InChI=1S/C13H16N6O5/c1-9(18-8-11(6-15-18)19(23)24)13(22)16-10-5-14-17(7-10)4-2-3-12(20)21/h5-9H,2-4H2,1H3,(H,16,22)(H,20,21)/t9-/m0/s1. The second-order valence-corrected chi connectivity index (χ2v) is 5.09. The molecule has 24 heavy (non-hydrogen) atoms. The molecule has 2 aromatic rings. The minimum absolute atomic E-state index is 0.0384. The van der Waals surface area contributed by atoms with Crippen molar-refractivity contribution in [1.29, 1.82) is 0 Å². The van der Waals surface area contributed by atoms with Gasteiger partial charge in [-0.05, 0) is 13.3 Å². The topological polar surface area (TPSA) is 145 Å². The number of nitro groups is 1. The first-order valence-electron chi connectivity index (χ1n) is 7.10. The van der Waals surface area contributed by atoms with Crippen molar-refractivity contribution in [3.63, 3.8) is 0 Å². The van der Waals surface area contributed by atoms with Crippen LogP contribution in [0.15, 0.2) is 24.8 Å². The van der Waals surface area contributed by atoms with E-state index in [1.54, 1.807) is 13.1 Å². The van der Waals surface area contributed by atoms with Gasteiger partial charge in [0.2, 0.25) is 5.91 Å². The molecule has 0 saturated carbocycles. The number of amides is 1. The first-order valence-corrected chi connectivity index (χ1v) is 7.10. The van der Waals surface area contributed by atoms with Gasteiger partial charge in [-0.2, -0.15) is 10.2 Å². The summed E-state index contributed by atoms with van der Waals surface area (Å²) in [6.07, 6.45) is 5.74. The fourth-order valence-corrected chi connectivity index (χ4v) is 1.94. The van der Waals surface area contributed by atoms with Crippen molar-refractivity contribution >= 4 is 23.3 Å². The Morgan fingerprint density at radius 3 is 2.75 bits per heavy atom. The molecule has 11 heteroatoms. The van der Waals surface area contributed by atoms with Gasteiger partial charge in [0.25, 0.3) is 0 Å². The molecule has 0 aliphatic carbocycles. The Balaban J connectivity index is 1.92. The van der Waals surface area contributed by atoms with Gasteiger partial charge in [-0.3, -0.25) is 29.1 Å². The van der Waals surface area contributed by atoms with Crippen molar-refractivity contribution in [2.75, 3.05) is 5.32 Å². The summed E-state index contributed by atoms with van der Waals surface area (Å²) in [5, 5.41) is 29.7. The van der Waals surface area contributed by atoms with Gasteiger partial charge in [-0.15, -0.1) is 0 Å². The van der Waals surface area contributed by atoms with Crippen molar-refractivity contribution < 1.29 is 19.6 Å². The number of carbonyl (C=O) groups is 2. The molecule has 2 aromatic heterocycles. The van der Waals surface area contributed by atoms with Gasteiger partial charge in [-0.25, -0.2) is 0 Å². The van der Waals surface area contributed by atoms with Gasteiger partial charge in [0.15, 0.2) is 0 Å². The Labute approximate surface area is 136 Å². The summed E-state index contributed by atoms with van der Waals surface area (Å²) in [5.41, 5.74) is 0.254. The zero-order chi connectivity index (χ0) is 17.7. The van der Waals surface area contributed by atoms with Gasteiger partial charge >= 0.3 is 11.7 Å². The number of nitrogens with one attached hydrogen (secondary N) is 1. The van der Waals surface area contributed by atoms with E-state index in [-0.39, 0.29) is 12.1 Å². The van der Waals surface area contributed by atoms with Crippen LogP contribution in [-0.4, -0.2) is 41.5 Å². The number of aliphatic carboxylic acids is 1. The minimum Gasteiger partial charge on any atom is -0.481 e. The third-order valence-electron chi connectivity index (χ3n) is 3.25. The number of anilines is 1. The van der Waals surface area contributed by atoms with E-state index in [0.29, 0.717) is 18.7 Å². The maximum atomic E-state index is 12.1. The molecule has 128 valence electrons. The third kappa shape index (κ3) is 4.38. The monoisotopic (exact) mass is 336 g/mol. The molecule has 0 spiro atoms. The number of aryl methyl sites for hydroxylation is 1. The first-order chi connectivity index (χ1) is 11.4. The summed E-state index contributed by atoms with van der Waals surface area (Å²) >= 11 is 0. The zero-order valence-electron chi connectivity index (χ0n) is 12.8. The quantitative estimate of drug-likeness (QED) is 0.541. The Kier molecular flexibility index (Phi) is 5.24. The van der Waals surface area contributed by atoms with Crippen LogP contribution in [0.1, 0.15) is 25.8 Å². The van der Waals surface area contributed by atoms with Crippen LogP contribution in [-0.2, 0) is 16.1 Å². The van der Waals surface area contributed by atoms with Crippen LogP contribution in [0.25, 0.3) is 0 Å². The van der Waals surface area contributed by atoms with Crippen LogP contribution in [0.5, 0.6) is 0 Å².